The minimum atomic E-state index is 0.782. The molecular formula is C15H20N3S+. The molecular weight excluding hydrogens is 254 g/mol. The summed E-state index contributed by atoms with van der Waals surface area (Å²) in [5.74, 6) is 0. The van der Waals surface area contributed by atoms with Crippen LogP contribution < -0.4 is 10.6 Å². The summed E-state index contributed by atoms with van der Waals surface area (Å²) in [5.41, 5.74) is 10.9. The van der Waals surface area contributed by atoms with E-state index in [2.05, 4.69) is 34.7 Å². The molecule has 1 aromatic rings. The lowest BCUT2D eigenvalue weighted by atomic mass is 10.0. The molecule has 0 atom stereocenters. The second-order valence-corrected chi connectivity index (χ2v) is 5.43. The normalized spacial score (nSPS) is 17.2. The molecule has 1 aliphatic carbocycles. The average molecular weight is 274 g/mol. The topological polar surface area (TPSA) is 41.6 Å². The van der Waals surface area contributed by atoms with Crippen molar-refractivity contribution in [1.82, 2.24) is 0 Å². The molecule has 2 N–H and O–H groups in total. The molecule has 1 aromatic carbocycles. The molecule has 0 aromatic heterocycles. The van der Waals surface area contributed by atoms with Crippen molar-refractivity contribution in [3.63, 3.8) is 0 Å². The van der Waals surface area contributed by atoms with Gasteiger partial charge in [-0.15, -0.1) is 0 Å². The van der Waals surface area contributed by atoms with E-state index in [1.807, 2.05) is 39.2 Å². The minimum absolute atomic E-state index is 0.782. The third-order valence-corrected chi connectivity index (χ3v) is 3.53. The summed E-state index contributed by atoms with van der Waals surface area (Å²) < 4.78 is 0. The van der Waals surface area contributed by atoms with E-state index in [1.54, 1.807) is 0 Å². The molecule has 3 nitrogen and oxygen atoms in total. The minimum Gasteiger partial charge on any atom is -0.399 e. The van der Waals surface area contributed by atoms with Crippen LogP contribution in [0, 0.1) is 0 Å². The van der Waals surface area contributed by atoms with E-state index in [0.29, 0.717) is 0 Å². The Bertz CT molecular complexity index is 583. The summed E-state index contributed by atoms with van der Waals surface area (Å²) in [7, 11) is 4.04. The fourth-order valence-electron chi connectivity index (χ4n) is 1.90. The fourth-order valence-corrected chi connectivity index (χ4v) is 2.19. The average Bonchev–Trinajstić information content (AvgIpc) is 2.36. The molecule has 0 fully saturated rings. The van der Waals surface area contributed by atoms with Crippen molar-refractivity contribution in [3.8, 4) is 0 Å². The number of allylic oxidation sites excluding steroid dienone is 3. The summed E-state index contributed by atoms with van der Waals surface area (Å²) in [6.07, 6.45) is 4.83. The molecule has 0 radical (unpaired) electrons. The van der Waals surface area contributed by atoms with Crippen molar-refractivity contribution < 1.29 is 0 Å². The van der Waals surface area contributed by atoms with Crippen LogP contribution in [0.25, 0.3) is 0 Å². The third-order valence-electron chi connectivity index (χ3n) is 3.13. The van der Waals surface area contributed by atoms with Gasteiger partial charge in [0.1, 0.15) is 5.69 Å². The van der Waals surface area contributed by atoms with Gasteiger partial charge < -0.3 is 10.6 Å². The van der Waals surface area contributed by atoms with Crippen LogP contribution in [0.2, 0.25) is 0 Å². The van der Waals surface area contributed by atoms with E-state index in [1.165, 1.54) is 0 Å². The van der Waals surface area contributed by atoms with Crippen molar-refractivity contribution in [2.45, 2.75) is 18.2 Å². The standard InChI is InChI=1S/C15H19N3S/c1-10-8-11(4-6-13(10)16)17-14-7-5-12(18(2)3)9-15(14)19/h5-9,19H,4,16H2,1-3H3/p+1. The molecule has 1 aliphatic rings. The van der Waals surface area contributed by atoms with Gasteiger partial charge in [0.25, 0.3) is 0 Å². The molecule has 0 bridgehead atoms. The van der Waals surface area contributed by atoms with Crippen LogP contribution in [0.4, 0.5) is 11.4 Å². The molecule has 19 heavy (non-hydrogen) atoms. The molecule has 0 heterocycles. The van der Waals surface area contributed by atoms with Crippen LogP contribution in [0.3, 0.4) is 0 Å². The van der Waals surface area contributed by atoms with Gasteiger partial charge in [-0.2, -0.15) is 0 Å². The van der Waals surface area contributed by atoms with E-state index in [4.69, 9.17) is 5.73 Å². The number of aliphatic imine (C=N–C) groups is 1. The Morgan fingerprint density at radius 1 is 1.32 bits per heavy atom. The summed E-state index contributed by atoms with van der Waals surface area (Å²) in [4.78, 5) is 7.73. The van der Waals surface area contributed by atoms with Crippen LogP contribution in [0.15, 0.2) is 51.5 Å². The van der Waals surface area contributed by atoms with Gasteiger partial charge in [0, 0.05) is 43.7 Å². The second-order valence-electron chi connectivity index (χ2n) is 4.89. The predicted molar refractivity (Wildman–Crippen MR) is 86.9 cm³/mol. The van der Waals surface area contributed by atoms with Crippen molar-refractivity contribution >= 4 is 29.7 Å². The number of nitrogens with two attached hydrogens (primary N) is 1. The third kappa shape index (κ3) is 3.20. The first-order chi connectivity index (χ1) is 8.97. The summed E-state index contributed by atoms with van der Waals surface area (Å²) in [6.45, 7) is 2.00. The van der Waals surface area contributed by atoms with Crippen molar-refractivity contribution in [1.29, 1.82) is 0 Å². The second kappa shape index (κ2) is 5.53. The number of anilines is 1. The van der Waals surface area contributed by atoms with E-state index in [9.17, 15) is 0 Å². The Morgan fingerprint density at radius 2 is 2.05 bits per heavy atom. The Morgan fingerprint density at radius 3 is 2.63 bits per heavy atom. The molecule has 0 spiro atoms. The Hall–Kier alpha value is -1.68. The zero-order chi connectivity index (χ0) is 14.0. The lowest BCUT2D eigenvalue weighted by molar-refractivity contribution is 1.12. The molecule has 0 aliphatic heterocycles. The maximum absolute atomic E-state index is 5.84. The lowest BCUT2D eigenvalue weighted by Gasteiger charge is -2.13. The zero-order valence-corrected chi connectivity index (χ0v) is 12.6. The van der Waals surface area contributed by atoms with Gasteiger partial charge in [-0.05, 0) is 43.3 Å². The van der Waals surface area contributed by atoms with Gasteiger partial charge in [0.2, 0.25) is 0 Å². The maximum Gasteiger partial charge on any atom is 0.178 e. The van der Waals surface area contributed by atoms with Crippen LogP contribution in [-0.2, 0) is 12.6 Å². The van der Waals surface area contributed by atoms with E-state index in [0.717, 1.165) is 39.7 Å². The molecule has 0 unspecified atom stereocenters. The predicted octanol–water partition coefficient (Wildman–Crippen LogP) is 2.39. The first kappa shape index (κ1) is 13.7. The van der Waals surface area contributed by atoms with Crippen molar-refractivity contribution in [2.75, 3.05) is 19.0 Å². The molecule has 100 valence electrons. The van der Waals surface area contributed by atoms with Crippen LogP contribution in [0.5, 0.6) is 0 Å². The fraction of sp³-hybridized carbons (Fsp3) is 0.267. The molecule has 0 amide bonds. The highest BCUT2D eigenvalue weighted by Gasteiger charge is 2.09. The number of hydrogen-bond acceptors (Lipinski definition) is 3. The number of rotatable bonds is 2. The van der Waals surface area contributed by atoms with Gasteiger partial charge in [0.15, 0.2) is 4.90 Å². The van der Waals surface area contributed by atoms with Gasteiger partial charge in [-0.3, -0.25) is 0 Å². The summed E-state index contributed by atoms with van der Waals surface area (Å²) >= 11 is 3.63. The van der Waals surface area contributed by atoms with Gasteiger partial charge >= 0.3 is 0 Å². The van der Waals surface area contributed by atoms with Crippen molar-refractivity contribution in [2.24, 2.45) is 10.7 Å². The smallest absolute Gasteiger partial charge is 0.178 e. The van der Waals surface area contributed by atoms with E-state index in [-0.39, 0.29) is 0 Å². The largest absolute Gasteiger partial charge is 0.399 e. The van der Waals surface area contributed by atoms with E-state index < -0.39 is 0 Å². The highest BCUT2D eigenvalue weighted by Crippen LogP contribution is 2.26. The number of nitrogens with zero attached hydrogens (tertiary/aromatic N) is 2. The van der Waals surface area contributed by atoms with Crippen LogP contribution >= 0.6 is 0 Å². The Balaban J connectivity index is 2.30. The van der Waals surface area contributed by atoms with Gasteiger partial charge in [0.05, 0.1) is 0 Å². The Labute approximate surface area is 119 Å². The highest BCUT2D eigenvalue weighted by atomic mass is 32.1. The molecule has 0 saturated heterocycles. The maximum atomic E-state index is 5.84. The number of hydrogen-bond donors (Lipinski definition) is 1. The van der Waals surface area contributed by atoms with Crippen molar-refractivity contribution in [3.05, 3.63) is 41.6 Å². The molecule has 2 rings (SSSR count). The molecule has 0 saturated carbocycles. The summed E-state index contributed by atoms with van der Waals surface area (Å²) in [6, 6.07) is 6.15. The zero-order valence-electron chi connectivity index (χ0n) is 11.6. The monoisotopic (exact) mass is 274 g/mol. The first-order valence-corrected chi connectivity index (χ1v) is 6.72. The van der Waals surface area contributed by atoms with Crippen LogP contribution in [0.1, 0.15) is 13.3 Å². The van der Waals surface area contributed by atoms with Gasteiger partial charge in [-0.1, -0.05) is 6.08 Å². The van der Waals surface area contributed by atoms with Crippen LogP contribution in [-0.4, -0.2) is 19.8 Å². The lowest BCUT2D eigenvalue weighted by Crippen LogP contribution is -2.09. The summed E-state index contributed by atoms with van der Waals surface area (Å²) in [5, 5.41) is 0. The highest BCUT2D eigenvalue weighted by molar-refractivity contribution is 7.59. The Kier molecular flexibility index (Phi) is 4.00. The number of benzene rings is 1. The quantitative estimate of drug-likeness (QED) is 0.841. The van der Waals surface area contributed by atoms with E-state index >= 15 is 0 Å². The SMILES string of the molecule is CC1=CC(=Nc2ccc(N(C)C)cc2[SH2+])CC=C1N. The first-order valence-electron chi connectivity index (χ1n) is 6.22. The molecule has 4 heteroatoms. The van der Waals surface area contributed by atoms with Gasteiger partial charge in [-0.25, -0.2) is 4.99 Å².